The zero-order valence-electron chi connectivity index (χ0n) is 10.4. The molecule has 98 valence electrons. The van der Waals surface area contributed by atoms with Crippen LogP contribution in [0.3, 0.4) is 0 Å². The smallest absolute Gasteiger partial charge is 0.127 e. The normalized spacial score (nSPS) is 23.8. The summed E-state index contributed by atoms with van der Waals surface area (Å²) < 4.78 is 5.71. The van der Waals surface area contributed by atoms with Crippen LogP contribution < -0.4 is 4.74 Å². The van der Waals surface area contributed by atoms with Gasteiger partial charge < -0.3 is 9.84 Å². The summed E-state index contributed by atoms with van der Waals surface area (Å²) in [5.41, 5.74) is 2.37. The molecule has 4 heteroatoms. The van der Waals surface area contributed by atoms with Crippen LogP contribution in [0.1, 0.15) is 24.0 Å². The number of aliphatic hydroxyl groups excluding tert-OH is 1. The second-order valence-electron chi connectivity index (χ2n) is 5.18. The third-order valence-electron chi connectivity index (χ3n) is 3.70. The van der Waals surface area contributed by atoms with Gasteiger partial charge in [0, 0.05) is 30.1 Å². The SMILES string of the molecule is OC1CCCN(Cc2cc(Cl)cc3c2OCC3)C1. The number of nitrogens with zero attached hydrogens (tertiary/aromatic N) is 1. The molecule has 3 rings (SSSR count). The summed E-state index contributed by atoms with van der Waals surface area (Å²) in [6.45, 7) is 3.37. The fourth-order valence-electron chi connectivity index (χ4n) is 2.88. The summed E-state index contributed by atoms with van der Waals surface area (Å²) in [6.07, 6.45) is 2.74. The molecule has 0 radical (unpaired) electrons. The molecule has 2 aliphatic heterocycles. The average Bonchev–Trinajstić information content (AvgIpc) is 2.77. The van der Waals surface area contributed by atoms with Gasteiger partial charge in [-0.15, -0.1) is 0 Å². The molecule has 0 amide bonds. The number of ether oxygens (including phenoxy) is 1. The molecule has 0 spiro atoms. The van der Waals surface area contributed by atoms with Crippen LogP contribution in [0.25, 0.3) is 0 Å². The van der Waals surface area contributed by atoms with Gasteiger partial charge in [0.05, 0.1) is 12.7 Å². The Balaban J connectivity index is 1.80. The Bertz CT molecular complexity index is 450. The lowest BCUT2D eigenvalue weighted by Gasteiger charge is -2.30. The Morgan fingerprint density at radius 3 is 3.17 bits per heavy atom. The predicted molar refractivity (Wildman–Crippen MR) is 71.2 cm³/mol. The van der Waals surface area contributed by atoms with Crippen molar-refractivity contribution in [3.63, 3.8) is 0 Å². The summed E-state index contributed by atoms with van der Waals surface area (Å²) in [5.74, 6) is 1.01. The predicted octanol–water partition coefficient (Wildman–Crippen LogP) is 2.23. The Morgan fingerprint density at radius 1 is 1.44 bits per heavy atom. The van der Waals surface area contributed by atoms with Crippen molar-refractivity contribution in [2.75, 3.05) is 19.7 Å². The second-order valence-corrected chi connectivity index (χ2v) is 5.62. The first kappa shape index (κ1) is 12.3. The summed E-state index contributed by atoms with van der Waals surface area (Å²) in [7, 11) is 0. The zero-order chi connectivity index (χ0) is 12.5. The van der Waals surface area contributed by atoms with Crippen molar-refractivity contribution >= 4 is 11.6 Å². The summed E-state index contributed by atoms with van der Waals surface area (Å²) in [6, 6.07) is 3.99. The summed E-state index contributed by atoms with van der Waals surface area (Å²) in [5, 5.41) is 10.5. The van der Waals surface area contributed by atoms with Crippen LogP contribution in [0, 0.1) is 0 Å². The van der Waals surface area contributed by atoms with E-state index in [4.69, 9.17) is 16.3 Å². The Morgan fingerprint density at radius 2 is 2.33 bits per heavy atom. The average molecular weight is 268 g/mol. The van der Waals surface area contributed by atoms with Crippen LogP contribution in [0.4, 0.5) is 0 Å². The molecule has 0 saturated carbocycles. The van der Waals surface area contributed by atoms with Gasteiger partial charge in [-0.1, -0.05) is 11.6 Å². The molecular formula is C14H18ClNO2. The highest BCUT2D eigenvalue weighted by Crippen LogP contribution is 2.33. The molecule has 1 aromatic rings. The largest absolute Gasteiger partial charge is 0.493 e. The van der Waals surface area contributed by atoms with Gasteiger partial charge in [0.15, 0.2) is 0 Å². The van der Waals surface area contributed by atoms with Crippen LogP contribution >= 0.6 is 11.6 Å². The highest BCUT2D eigenvalue weighted by molar-refractivity contribution is 6.30. The number of halogens is 1. The number of fused-ring (bicyclic) bond motifs is 1. The van der Waals surface area contributed by atoms with Crippen molar-refractivity contribution in [3.05, 3.63) is 28.3 Å². The molecule has 1 fully saturated rings. The monoisotopic (exact) mass is 267 g/mol. The number of aliphatic hydroxyl groups is 1. The van der Waals surface area contributed by atoms with E-state index >= 15 is 0 Å². The summed E-state index contributed by atoms with van der Waals surface area (Å²) in [4.78, 5) is 2.28. The lowest BCUT2D eigenvalue weighted by atomic mass is 10.0. The molecule has 1 N–H and O–H groups in total. The molecule has 0 aromatic heterocycles. The van der Waals surface area contributed by atoms with Gasteiger partial charge in [-0.05, 0) is 37.1 Å². The van der Waals surface area contributed by atoms with Crippen LogP contribution in [-0.4, -0.2) is 35.8 Å². The minimum Gasteiger partial charge on any atom is -0.493 e. The zero-order valence-corrected chi connectivity index (χ0v) is 11.1. The van der Waals surface area contributed by atoms with Gasteiger partial charge in [-0.2, -0.15) is 0 Å². The van der Waals surface area contributed by atoms with Crippen molar-refractivity contribution in [1.29, 1.82) is 0 Å². The van der Waals surface area contributed by atoms with Crippen LogP contribution in [0.15, 0.2) is 12.1 Å². The molecule has 1 saturated heterocycles. The fraction of sp³-hybridized carbons (Fsp3) is 0.571. The number of likely N-dealkylation sites (tertiary alicyclic amines) is 1. The molecule has 1 unspecified atom stereocenters. The standard InChI is InChI=1S/C14H18ClNO2/c15-12-6-10-3-5-18-14(10)11(7-12)8-16-4-1-2-13(17)9-16/h6-7,13,17H,1-5,8-9H2. The van der Waals surface area contributed by atoms with Crippen LogP contribution in [0.5, 0.6) is 5.75 Å². The molecule has 1 atom stereocenters. The molecule has 1 aromatic carbocycles. The Hall–Kier alpha value is -0.770. The van der Waals surface area contributed by atoms with E-state index in [1.165, 1.54) is 5.56 Å². The third-order valence-corrected chi connectivity index (χ3v) is 3.92. The molecule has 2 aliphatic rings. The van der Waals surface area contributed by atoms with Crippen LogP contribution in [-0.2, 0) is 13.0 Å². The Labute approximate surface area is 112 Å². The number of piperidine rings is 1. The first-order valence-electron chi connectivity index (χ1n) is 6.57. The topological polar surface area (TPSA) is 32.7 Å². The van der Waals surface area contributed by atoms with E-state index in [1.54, 1.807) is 0 Å². The Kier molecular flexibility index (Phi) is 3.46. The lowest BCUT2D eigenvalue weighted by molar-refractivity contribution is 0.0664. The van der Waals surface area contributed by atoms with Gasteiger partial charge in [-0.25, -0.2) is 0 Å². The fourth-order valence-corrected chi connectivity index (χ4v) is 3.14. The van der Waals surface area contributed by atoms with Crippen LogP contribution in [0.2, 0.25) is 5.02 Å². The van der Waals surface area contributed by atoms with E-state index in [0.717, 1.165) is 61.8 Å². The lowest BCUT2D eigenvalue weighted by Crippen LogP contribution is -2.37. The van der Waals surface area contributed by atoms with Crippen molar-refractivity contribution < 1.29 is 9.84 Å². The number of β-amino-alcohol motifs (C(OH)–C–C–N with tert-alkyl or cyclic N) is 1. The van der Waals surface area contributed by atoms with Crippen molar-refractivity contribution in [3.8, 4) is 5.75 Å². The van der Waals surface area contributed by atoms with E-state index in [0.29, 0.717) is 0 Å². The third kappa shape index (κ3) is 2.48. The minimum atomic E-state index is -0.188. The van der Waals surface area contributed by atoms with Crippen molar-refractivity contribution in [2.24, 2.45) is 0 Å². The molecule has 18 heavy (non-hydrogen) atoms. The maximum absolute atomic E-state index is 9.71. The van der Waals surface area contributed by atoms with E-state index in [-0.39, 0.29) is 6.10 Å². The first-order valence-corrected chi connectivity index (χ1v) is 6.94. The molecule has 2 heterocycles. The number of benzene rings is 1. The highest BCUT2D eigenvalue weighted by atomic mass is 35.5. The molecule has 3 nitrogen and oxygen atoms in total. The number of hydrogen-bond acceptors (Lipinski definition) is 3. The van der Waals surface area contributed by atoms with Gasteiger partial charge in [0.1, 0.15) is 5.75 Å². The van der Waals surface area contributed by atoms with E-state index < -0.39 is 0 Å². The maximum atomic E-state index is 9.71. The molecule has 0 aliphatic carbocycles. The van der Waals surface area contributed by atoms with E-state index in [2.05, 4.69) is 4.90 Å². The highest BCUT2D eigenvalue weighted by Gasteiger charge is 2.22. The van der Waals surface area contributed by atoms with Crippen molar-refractivity contribution in [1.82, 2.24) is 4.90 Å². The minimum absolute atomic E-state index is 0.188. The van der Waals surface area contributed by atoms with Gasteiger partial charge >= 0.3 is 0 Å². The first-order chi connectivity index (χ1) is 8.72. The van der Waals surface area contributed by atoms with E-state index in [1.807, 2.05) is 12.1 Å². The summed E-state index contributed by atoms with van der Waals surface area (Å²) >= 11 is 6.15. The van der Waals surface area contributed by atoms with Gasteiger partial charge in [0.25, 0.3) is 0 Å². The molecule has 0 bridgehead atoms. The number of rotatable bonds is 2. The van der Waals surface area contributed by atoms with Gasteiger partial charge in [-0.3, -0.25) is 4.90 Å². The quantitative estimate of drug-likeness (QED) is 0.892. The molecular weight excluding hydrogens is 250 g/mol. The number of hydrogen-bond donors (Lipinski definition) is 1. The maximum Gasteiger partial charge on any atom is 0.127 e. The van der Waals surface area contributed by atoms with E-state index in [9.17, 15) is 5.11 Å². The van der Waals surface area contributed by atoms with Crippen molar-refractivity contribution in [2.45, 2.75) is 31.9 Å². The second kappa shape index (κ2) is 5.08. The van der Waals surface area contributed by atoms with Gasteiger partial charge in [0.2, 0.25) is 0 Å².